The summed E-state index contributed by atoms with van der Waals surface area (Å²) in [4.78, 5) is 15.2. The molecule has 0 aromatic heterocycles. The molecule has 190 valence electrons. The molecule has 1 aliphatic rings. The molecule has 0 unspecified atom stereocenters. The number of sulfonamides is 1. The Hall–Kier alpha value is -3.40. The van der Waals surface area contributed by atoms with Crippen LogP contribution >= 0.6 is 0 Å². The summed E-state index contributed by atoms with van der Waals surface area (Å²) < 4.78 is 42.5. The minimum Gasteiger partial charge on any atom is -0.465 e. The smallest absolute Gasteiger partial charge is 0.258 e. The first-order valence-corrected chi connectivity index (χ1v) is 13.5. The van der Waals surface area contributed by atoms with Crippen molar-refractivity contribution in [2.24, 2.45) is 0 Å². The molecular weight excluding hydrogens is 480 g/mol. The van der Waals surface area contributed by atoms with E-state index in [2.05, 4.69) is 10.8 Å². The van der Waals surface area contributed by atoms with E-state index in [1.165, 1.54) is 0 Å². The van der Waals surface area contributed by atoms with E-state index in [0.29, 0.717) is 43.2 Å². The summed E-state index contributed by atoms with van der Waals surface area (Å²) in [6, 6.07) is 19.3. The van der Waals surface area contributed by atoms with Crippen molar-refractivity contribution in [1.29, 1.82) is 0 Å². The first-order valence-electron chi connectivity index (χ1n) is 11.6. The summed E-state index contributed by atoms with van der Waals surface area (Å²) in [5.74, 6) is 0.192. The van der Waals surface area contributed by atoms with Crippen LogP contribution in [0.5, 0.6) is 5.75 Å². The highest BCUT2D eigenvalue weighted by Crippen LogP contribution is 2.36. The number of methoxy groups -OCH3 is 1. The number of rotatable bonds is 10. The van der Waals surface area contributed by atoms with Gasteiger partial charge in [0.2, 0.25) is 10.0 Å². The molecule has 3 aromatic rings. The Balaban J connectivity index is 1.61. The third-order valence-corrected chi connectivity index (χ3v) is 6.50. The highest BCUT2D eigenvalue weighted by molar-refractivity contribution is 7.92. The first kappa shape index (κ1) is 25.7. The van der Waals surface area contributed by atoms with Crippen molar-refractivity contribution < 1.29 is 27.4 Å². The molecule has 0 saturated heterocycles. The van der Waals surface area contributed by atoms with Gasteiger partial charge in [-0.15, -0.1) is 0 Å². The third kappa shape index (κ3) is 6.04. The van der Waals surface area contributed by atoms with Crippen LogP contribution in [0.3, 0.4) is 0 Å². The van der Waals surface area contributed by atoms with Crippen molar-refractivity contribution in [2.45, 2.75) is 13.3 Å². The first-order chi connectivity index (χ1) is 17.3. The van der Waals surface area contributed by atoms with E-state index in [9.17, 15) is 13.2 Å². The fourth-order valence-electron chi connectivity index (χ4n) is 4.19. The molecule has 8 nitrogen and oxygen atoms in total. The van der Waals surface area contributed by atoms with Crippen LogP contribution in [-0.2, 0) is 25.9 Å². The van der Waals surface area contributed by atoms with E-state index >= 15 is 0 Å². The van der Waals surface area contributed by atoms with Gasteiger partial charge in [-0.05, 0) is 53.8 Å². The van der Waals surface area contributed by atoms with E-state index in [4.69, 9.17) is 14.2 Å². The second-order valence-corrected chi connectivity index (χ2v) is 10.4. The van der Waals surface area contributed by atoms with Crippen molar-refractivity contribution in [1.82, 2.24) is 0 Å². The zero-order chi connectivity index (χ0) is 25.7. The van der Waals surface area contributed by atoms with Crippen LogP contribution in [0.25, 0.3) is 11.1 Å². The zero-order valence-corrected chi connectivity index (χ0v) is 21.4. The number of carbonyl (C=O) groups is 1. The zero-order valence-electron chi connectivity index (χ0n) is 20.6. The van der Waals surface area contributed by atoms with Gasteiger partial charge >= 0.3 is 0 Å². The van der Waals surface area contributed by atoms with Crippen molar-refractivity contribution in [3.05, 3.63) is 77.4 Å². The second kappa shape index (κ2) is 11.1. The lowest BCUT2D eigenvalue weighted by Gasteiger charge is -2.31. The Labute approximate surface area is 211 Å². The Morgan fingerprint density at radius 2 is 1.78 bits per heavy atom. The van der Waals surface area contributed by atoms with E-state index in [1.54, 1.807) is 24.1 Å². The van der Waals surface area contributed by atoms with Crippen molar-refractivity contribution >= 4 is 27.3 Å². The number of carbonyl (C=O) groups excluding carboxylic acids is 1. The molecule has 1 N–H and O–H groups in total. The van der Waals surface area contributed by atoms with E-state index in [-0.39, 0.29) is 18.4 Å². The maximum Gasteiger partial charge on any atom is 0.258 e. The van der Waals surface area contributed by atoms with Gasteiger partial charge in [0.1, 0.15) is 5.75 Å². The molecular formula is C27H30N2O6S. The second-order valence-electron chi connectivity index (χ2n) is 8.62. The van der Waals surface area contributed by atoms with Gasteiger partial charge in [0.25, 0.3) is 5.91 Å². The minimum absolute atomic E-state index is 0.0691. The van der Waals surface area contributed by atoms with Crippen LogP contribution in [-0.4, -0.2) is 54.2 Å². The van der Waals surface area contributed by atoms with Gasteiger partial charge in [-0.2, -0.15) is 0 Å². The van der Waals surface area contributed by atoms with Gasteiger partial charge < -0.3 is 19.1 Å². The largest absolute Gasteiger partial charge is 0.465 e. The number of fused-ring (bicyclic) bond motifs is 1. The molecule has 0 atom stereocenters. The molecule has 1 heterocycles. The topological polar surface area (TPSA) is 94.2 Å². The lowest BCUT2D eigenvalue weighted by atomic mass is 9.93. The Kier molecular flexibility index (Phi) is 7.93. The fourth-order valence-corrected chi connectivity index (χ4v) is 4.75. The SMILES string of the molecule is COCCOCOc1cc(C)c(N2CCc3cc(-c4ccccc4)ccc3C2=O)cc1NS(C)(=O)=O. The number of nitrogens with zero attached hydrogens (tertiary/aromatic N) is 1. The van der Waals surface area contributed by atoms with Gasteiger partial charge in [0.15, 0.2) is 6.79 Å². The number of hydrogen-bond acceptors (Lipinski definition) is 6. The molecule has 0 radical (unpaired) electrons. The fraction of sp³-hybridized carbons (Fsp3) is 0.296. The molecule has 9 heteroatoms. The molecule has 3 aromatic carbocycles. The molecule has 36 heavy (non-hydrogen) atoms. The standard InChI is InChI=1S/C27H30N2O6S/c1-19-15-26(35-18-34-14-13-33-2)24(28-36(3,31)32)17-25(19)29-12-11-22-16-21(9-10-23(22)27(29)30)20-7-5-4-6-8-20/h4-10,15-17,28H,11-14,18H2,1-3H3. The van der Waals surface area contributed by atoms with Crippen LogP contribution in [0.1, 0.15) is 21.5 Å². The van der Waals surface area contributed by atoms with E-state index in [0.717, 1.165) is 28.5 Å². The molecule has 0 aliphatic carbocycles. The van der Waals surface area contributed by atoms with Crippen LogP contribution in [0.2, 0.25) is 0 Å². The molecule has 0 fully saturated rings. The molecule has 1 aliphatic heterocycles. The summed E-state index contributed by atoms with van der Waals surface area (Å²) >= 11 is 0. The molecule has 0 saturated carbocycles. The van der Waals surface area contributed by atoms with Gasteiger partial charge in [-0.1, -0.05) is 42.5 Å². The van der Waals surface area contributed by atoms with Crippen LogP contribution in [0.4, 0.5) is 11.4 Å². The summed E-state index contributed by atoms with van der Waals surface area (Å²) in [6.45, 7) is 3.03. The molecule has 0 spiro atoms. The van der Waals surface area contributed by atoms with Crippen molar-refractivity contribution in [3.8, 4) is 16.9 Å². The highest BCUT2D eigenvalue weighted by atomic mass is 32.2. The number of aryl methyl sites for hydroxylation is 1. The van der Waals surface area contributed by atoms with Crippen LogP contribution < -0.4 is 14.4 Å². The maximum atomic E-state index is 13.5. The monoisotopic (exact) mass is 510 g/mol. The number of hydrogen-bond donors (Lipinski definition) is 1. The van der Waals surface area contributed by atoms with E-state index < -0.39 is 10.0 Å². The summed E-state index contributed by atoms with van der Waals surface area (Å²) in [5.41, 5.74) is 5.45. The number of nitrogens with one attached hydrogen (secondary N) is 1. The lowest BCUT2D eigenvalue weighted by Crippen LogP contribution is -2.38. The van der Waals surface area contributed by atoms with Crippen molar-refractivity contribution in [3.63, 3.8) is 0 Å². The summed E-state index contributed by atoms with van der Waals surface area (Å²) in [7, 11) is -2.01. The third-order valence-electron chi connectivity index (χ3n) is 5.91. The molecule has 1 amide bonds. The maximum absolute atomic E-state index is 13.5. The van der Waals surface area contributed by atoms with Gasteiger partial charge in [0, 0.05) is 24.9 Å². The molecule has 4 rings (SSSR count). The normalized spacial score (nSPS) is 13.4. The average molecular weight is 511 g/mol. The van der Waals surface area contributed by atoms with Crippen molar-refractivity contribution in [2.75, 3.05) is 49.5 Å². The predicted octanol–water partition coefficient (Wildman–Crippen LogP) is 4.24. The number of amides is 1. The number of ether oxygens (including phenoxy) is 3. The predicted molar refractivity (Wildman–Crippen MR) is 140 cm³/mol. The Morgan fingerprint density at radius 1 is 1.00 bits per heavy atom. The van der Waals surface area contributed by atoms with Crippen LogP contribution in [0, 0.1) is 6.92 Å². The average Bonchev–Trinajstić information content (AvgIpc) is 2.85. The Bertz CT molecular complexity index is 1340. The quantitative estimate of drug-likeness (QED) is 0.324. The van der Waals surface area contributed by atoms with Gasteiger partial charge in [0.05, 0.1) is 25.2 Å². The summed E-state index contributed by atoms with van der Waals surface area (Å²) in [5, 5.41) is 0. The van der Waals surface area contributed by atoms with Crippen LogP contribution in [0.15, 0.2) is 60.7 Å². The van der Waals surface area contributed by atoms with Gasteiger partial charge in [-0.25, -0.2) is 8.42 Å². The Morgan fingerprint density at radius 3 is 2.50 bits per heavy atom. The number of benzene rings is 3. The summed E-state index contributed by atoms with van der Waals surface area (Å²) in [6.07, 6.45) is 1.75. The minimum atomic E-state index is -3.59. The molecule has 0 bridgehead atoms. The highest BCUT2D eigenvalue weighted by Gasteiger charge is 2.28. The number of anilines is 2. The van der Waals surface area contributed by atoms with Gasteiger partial charge in [-0.3, -0.25) is 9.52 Å². The van der Waals surface area contributed by atoms with E-state index in [1.807, 2.05) is 49.4 Å². The lowest BCUT2D eigenvalue weighted by molar-refractivity contribution is -0.00815.